The molecule has 0 aliphatic heterocycles. The van der Waals surface area contributed by atoms with E-state index in [-0.39, 0.29) is 30.5 Å². The van der Waals surface area contributed by atoms with Crippen LogP contribution in [0.3, 0.4) is 0 Å². The molecule has 1 atom stereocenters. The number of carboxylic acids is 1. The normalized spacial score (nSPS) is 23.0. The van der Waals surface area contributed by atoms with Crippen molar-refractivity contribution >= 4 is 12.0 Å². The van der Waals surface area contributed by atoms with Crippen LogP contribution < -0.4 is 10.6 Å². The van der Waals surface area contributed by atoms with Crippen molar-refractivity contribution in [1.82, 2.24) is 10.6 Å². The SMILES string of the molecule is COC1CC(NC(=O)NCC(CC(=O)O)CC(C)C)C1. The fraction of sp³-hybridized carbons (Fsp3) is 0.857. The molecule has 0 radical (unpaired) electrons. The van der Waals surface area contributed by atoms with Crippen molar-refractivity contribution in [2.24, 2.45) is 11.8 Å². The number of nitrogens with one attached hydrogen (secondary N) is 2. The number of hydrogen-bond donors (Lipinski definition) is 3. The molecule has 20 heavy (non-hydrogen) atoms. The zero-order valence-corrected chi connectivity index (χ0v) is 12.5. The predicted molar refractivity (Wildman–Crippen MR) is 75.6 cm³/mol. The lowest BCUT2D eigenvalue weighted by atomic mass is 9.89. The van der Waals surface area contributed by atoms with Crippen molar-refractivity contribution in [2.75, 3.05) is 13.7 Å². The Labute approximate surface area is 120 Å². The lowest BCUT2D eigenvalue weighted by Gasteiger charge is -2.34. The number of rotatable bonds is 8. The molecule has 6 nitrogen and oxygen atoms in total. The zero-order valence-electron chi connectivity index (χ0n) is 12.5. The van der Waals surface area contributed by atoms with E-state index in [1.807, 2.05) is 13.8 Å². The Morgan fingerprint density at radius 1 is 1.35 bits per heavy atom. The first-order valence-corrected chi connectivity index (χ1v) is 7.19. The molecule has 0 saturated heterocycles. The summed E-state index contributed by atoms with van der Waals surface area (Å²) in [5.41, 5.74) is 0. The molecule has 1 saturated carbocycles. The molecule has 0 aromatic rings. The van der Waals surface area contributed by atoms with E-state index < -0.39 is 5.97 Å². The number of ether oxygens (including phenoxy) is 1. The molecular formula is C14H26N2O4. The van der Waals surface area contributed by atoms with E-state index >= 15 is 0 Å². The summed E-state index contributed by atoms with van der Waals surface area (Å²) in [6, 6.07) is -0.0494. The number of amides is 2. The molecule has 0 spiro atoms. The minimum absolute atomic E-state index is 0.0219. The van der Waals surface area contributed by atoms with E-state index in [0.29, 0.717) is 12.5 Å². The van der Waals surface area contributed by atoms with E-state index in [0.717, 1.165) is 19.3 Å². The van der Waals surface area contributed by atoms with Crippen molar-refractivity contribution in [3.05, 3.63) is 0 Å². The molecule has 1 rings (SSSR count). The highest BCUT2D eigenvalue weighted by molar-refractivity contribution is 5.74. The van der Waals surface area contributed by atoms with Gasteiger partial charge in [0.2, 0.25) is 0 Å². The van der Waals surface area contributed by atoms with Crippen molar-refractivity contribution in [3.63, 3.8) is 0 Å². The summed E-state index contributed by atoms with van der Waals surface area (Å²) in [5, 5.41) is 14.5. The summed E-state index contributed by atoms with van der Waals surface area (Å²) in [6.45, 7) is 4.50. The highest BCUT2D eigenvalue weighted by atomic mass is 16.5. The number of aliphatic carboxylic acids is 1. The fourth-order valence-corrected chi connectivity index (χ4v) is 2.50. The van der Waals surface area contributed by atoms with Crippen LogP contribution in [0.2, 0.25) is 0 Å². The van der Waals surface area contributed by atoms with Gasteiger partial charge in [0.05, 0.1) is 6.10 Å². The summed E-state index contributed by atoms with van der Waals surface area (Å²) < 4.78 is 5.15. The standard InChI is InChI=1S/C14H26N2O4/c1-9(2)4-10(5-13(17)18)8-15-14(19)16-11-6-12(7-11)20-3/h9-12H,4-8H2,1-3H3,(H,17,18)(H2,15,16,19). The number of hydrogen-bond acceptors (Lipinski definition) is 3. The number of carbonyl (C=O) groups excluding carboxylic acids is 1. The summed E-state index contributed by atoms with van der Waals surface area (Å²) in [5.74, 6) is -0.426. The van der Waals surface area contributed by atoms with Gasteiger partial charge < -0.3 is 20.5 Å². The van der Waals surface area contributed by atoms with Gasteiger partial charge >= 0.3 is 12.0 Å². The maximum absolute atomic E-state index is 11.7. The van der Waals surface area contributed by atoms with Crippen molar-refractivity contribution in [3.8, 4) is 0 Å². The third-order valence-electron chi connectivity index (χ3n) is 3.58. The Morgan fingerprint density at radius 3 is 2.50 bits per heavy atom. The Balaban J connectivity index is 2.24. The number of carbonyl (C=O) groups is 2. The van der Waals surface area contributed by atoms with E-state index in [2.05, 4.69) is 10.6 Å². The minimum atomic E-state index is -0.820. The molecule has 116 valence electrons. The van der Waals surface area contributed by atoms with Crippen LogP contribution >= 0.6 is 0 Å². The Morgan fingerprint density at radius 2 is 2.00 bits per heavy atom. The van der Waals surface area contributed by atoms with Gasteiger partial charge in [-0.15, -0.1) is 0 Å². The van der Waals surface area contributed by atoms with E-state index in [1.54, 1.807) is 7.11 Å². The lowest BCUT2D eigenvalue weighted by molar-refractivity contribution is -0.138. The molecule has 0 bridgehead atoms. The second-order valence-corrected chi connectivity index (χ2v) is 5.97. The number of methoxy groups -OCH3 is 1. The van der Waals surface area contributed by atoms with Crippen LogP contribution in [0.1, 0.15) is 39.5 Å². The van der Waals surface area contributed by atoms with Gasteiger partial charge in [0.15, 0.2) is 0 Å². The van der Waals surface area contributed by atoms with E-state index in [4.69, 9.17) is 9.84 Å². The Hall–Kier alpha value is -1.30. The molecular weight excluding hydrogens is 260 g/mol. The maximum Gasteiger partial charge on any atom is 0.315 e. The quantitative estimate of drug-likeness (QED) is 0.632. The first-order chi connectivity index (χ1) is 9.40. The second-order valence-electron chi connectivity index (χ2n) is 5.97. The van der Waals surface area contributed by atoms with E-state index in [9.17, 15) is 9.59 Å². The summed E-state index contributed by atoms with van der Waals surface area (Å²) in [4.78, 5) is 22.5. The van der Waals surface area contributed by atoms with Crippen LogP contribution in [-0.2, 0) is 9.53 Å². The van der Waals surface area contributed by atoms with Gasteiger partial charge in [-0.2, -0.15) is 0 Å². The monoisotopic (exact) mass is 286 g/mol. The van der Waals surface area contributed by atoms with Crippen molar-refractivity contribution in [2.45, 2.75) is 51.7 Å². The molecule has 6 heteroatoms. The van der Waals surface area contributed by atoms with Gasteiger partial charge in [0.1, 0.15) is 0 Å². The van der Waals surface area contributed by atoms with Gasteiger partial charge in [0.25, 0.3) is 0 Å². The molecule has 2 amide bonds. The van der Waals surface area contributed by atoms with Gasteiger partial charge in [-0.1, -0.05) is 13.8 Å². The minimum Gasteiger partial charge on any atom is -0.481 e. The van der Waals surface area contributed by atoms with E-state index in [1.165, 1.54) is 0 Å². The molecule has 3 N–H and O–H groups in total. The molecule has 1 unspecified atom stereocenters. The summed E-state index contributed by atoms with van der Waals surface area (Å²) in [7, 11) is 1.67. The largest absolute Gasteiger partial charge is 0.481 e. The van der Waals surface area contributed by atoms with Gasteiger partial charge in [-0.25, -0.2) is 4.79 Å². The Bertz CT molecular complexity index is 327. The molecule has 0 heterocycles. The lowest BCUT2D eigenvalue weighted by Crippen LogP contribution is -2.51. The molecule has 1 aliphatic carbocycles. The van der Waals surface area contributed by atoms with Crippen LogP contribution in [0.4, 0.5) is 4.79 Å². The highest BCUT2D eigenvalue weighted by Gasteiger charge is 2.30. The predicted octanol–water partition coefficient (Wildman–Crippen LogP) is 1.60. The van der Waals surface area contributed by atoms with Crippen molar-refractivity contribution < 1.29 is 19.4 Å². The van der Waals surface area contributed by atoms with Gasteiger partial charge in [0, 0.05) is 26.1 Å². The third-order valence-corrected chi connectivity index (χ3v) is 3.58. The summed E-state index contributed by atoms with van der Waals surface area (Å²) >= 11 is 0. The molecule has 0 aromatic heterocycles. The smallest absolute Gasteiger partial charge is 0.315 e. The topological polar surface area (TPSA) is 87.7 Å². The average Bonchev–Trinajstić information content (AvgIpc) is 2.28. The average molecular weight is 286 g/mol. The van der Waals surface area contributed by atoms with Gasteiger partial charge in [-0.3, -0.25) is 4.79 Å². The van der Waals surface area contributed by atoms with Gasteiger partial charge in [-0.05, 0) is 31.1 Å². The van der Waals surface area contributed by atoms with Crippen LogP contribution in [0, 0.1) is 11.8 Å². The first kappa shape index (κ1) is 16.8. The molecule has 0 aromatic carbocycles. The second kappa shape index (κ2) is 8.09. The first-order valence-electron chi connectivity index (χ1n) is 7.19. The molecule has 1 aliphatic rings. The van der Waals surface area contributed by atoms with Crippen molar-refractivity contribution in [1.29, 1.82) is 0 Å². The third kappa shape index (κ3) is 6.23. The number of carboxylic acid groups (broad SMARTS) is 1. The summed E-state index contributed by atoms with van der Waals surface area (Å²) in [6.07, 6.45) is 2.82. The van der Waals surface area contributed by atoms with Crippen LogP contribution in [0.25, 0.3) is 0 Å². The maximum atomic E-state index is 11.7. The van der Waals surface area contributed by atoms with Crippen LogP contribution in [-0.4, -0.2) is 42.9 Å². The zero-order chi connectivity index (χ0) is 15.1. The van der Waals surface area contributed by atoms with Crippen LogP contribution in [0.5, 0.6) is 0 Å². The fourth-order valence-electron chi connectivity index (χ4n) is 2.50. The number of urea groups is 1. The van der Waals surface area contributed by atoms with Crippen LogP contribution in [0.15, 0.2) is 0 Å². The highest BCUT2D eigenvalue weighted by Crippen LogP contribution is 2.22. The Kier molecular flexibility index (Phi) is 6.78. The molecule has 1 fully saturated rings.